The van der Waals surface area contributed by atoms with Crippen LogP contribution in [0, 0.1) is 0 Å². The Hall–Kier alpha value is -2.40. The highest BCUT2D eigenvalue weighted by Crippen LogP contribution is 2.32. The first kappa shape index (κ1) is 18.0. The summed E-state index contributed by atoms with van der Waals surface area (Å²) in [6.45, 7) is 7.50. The Kier molecular flexibility index (Phi) is 5.12. The Morgan fingerprint density at radius 3 is 2.85 bits per heavy atom. The van der Waals surface area contributed by atoms with Crippen molar-refractivity contribution in [2.45, 2.75) is 45.2 Å². The van der Waals surface area contributed by atoms with Gasteiger partial charge in [0, 0.05) is 36.8 Å². The van der Waals surface area contributed by atoms with Crippen LogP contribution in [0.25, 0.3) is 11.0 Å². The third-order valence-electron chi connectivity index (χ3n) is 5.45. The van der Waals surface area contributed by atoms with E-state index in [-0.39, 0.29) is 0 Å². The van der Waals surface area contributed by atoms with Crippen molar-refractivity contribution >= 4 is 11.0 Å². The molecular formula is C22H28N4O. The highest BCUT2D eigenvalue weighted by Gasteiger charge is 2.27. The molecule has 1 fully saturated rings. The van der Waals surface area contributed by atoms with Gasteiger partial charge in [-0.2, -0.15) is 0 Å². The molecule has 1 atom stereocenters. The topological polar surface area (TPSA) is 43.2 Å². The molecule has 1 aromatic carbocycles. The van der Waals surface area contributed by atoms with Crippen LogP contribution in [0.4, 0.5) is 0 Å². The summed E-state index contributed by atoms with van der Waals surface area (Å²) in [4.78, 5) is 11.9. The van der Waals surface area contributed by atoms with Crippen LogP contribution in [0.2, 0.25) is 0 Å². The number of pyridine rings is 1. The van der Waals surface area contributed by atoms with Gasteiger partial charge < -0.3 is 9.30 Å². The van der Waals surface area contributed by atoms with Crippen LogP contribution in [-0.2, 0) is 6.54 Å². The fraction of sp³-hybridized carbons (Fsp3) is 0.455. The normalized spacial score (nSPS) is 18.3. The Morgan fingerprint density at radius 1 is 1.19 bits per heavy atom. The van der Waals surface area contributed by atoms with E-state index in [9.17, 15) is 0 Å². The van der Waals surface area contributed by atoms with E-state index in [1.165, 1.54) is 24.2 Å². The predicted octanol–water partition coefficient (Wildman–Crippen LogP) is 4.40. The van der Waals surface area contributed by atoms with Gasteiger partial charge in [-0.15, -0.1) is 0 Å². The van der Waals surface area contributed by atoms with Crippen LogP contribution < -0.4 is 4.74 Å². The molecule has 27 heavy (non-hydrogen) atoms. The molecule has 5 nitrogen and oxygen atoms in total. The number of ether oxygens (including phenoxy) is 1. The molecule has 1 aliphatic rings. The number of likely N-dealkylation sites (tertiary alicyclic amines) is 1. The van der Waals surface area contributed by atoms with Gasteiger partial charge in [-0.1, -0.05) is 18.2 Å². The summed E-state index contributed by atoms with van der Waals surface area (Å²) in [6.07, 6.45) is 4.16. The monoisotopic (exact) mass is 364 g/mol. The number of nitrogens with zero attached hydrogens (tertiary/aromatic N) is 4. The van der Waals surface area contributed by atoms with Gasteiger partial charge >= 0.3 is 0 Å². The molecule has 5 heteroatoms. The minimum atomic E-state index is 0.404. The lowest BCUT2D eigenvalue weighted by molar-refractivity contribution is 0.191. The third-order valence-corrected chi connectivity index (χ3v) is 5.45. The second kappa shape index (κ2) is 7.69. The highest BCUT2D eigenvalue weighted by molar-refractivity contribution is 5.76. The van der Waals surface area contributed by atoms with Gasteiger partial charge in [0.05, 0.1) is 18.1 Å². The Morgan fingerprint density at radius 2 is 2.04 bits per heavy atom. The van der Waals surface area contributed by atoms with Gasteiger partial charge in [0.2, 0.25) is 5.88 Å². The zero-order chi connectivity index (χ0) is 18.8. The van der Waals surface area contributed by atoms with E-state index in [1.807, 2.05) is 6.07 Å². The van der Waals surface area contributed by atoms with Crippen molar-refractivity contribution in [3.8, 4) is 5.88 Å². The second-order valence-corrected chi connectivity index (χ2v) is 7.67. The molecule has 2 aromatic heterocycles. The minimum absolute atomic E-state index is 0.404. The lowest BCUT2D eigenvalue weighted by Gasteiger charge is -2.33. The first-order chi connectivity index (χ1) is 13.2. The summed E-state index contributed by atoms with van der Waals surface area (Å²) < 4.78 is 7.86. The summed E-state index contributed by atoms with van der Waals surface area (Å²) in [6, 6.07) is 13.0. The second-order valence-electron chi connectivity index (χ2n) is 7.67. The maximum Gasteiger partial charge on any atom is 0.217 e. The average Bonchev–Trinajstić information content (AvgIpc) is 3.08. The zero-order valence-electron chi connectivity index (χ0n) is 16.4. The molecule has 0 radical (unpaired) electrons. The number of imidazole rings is 1. The van der Waals surface area contributed by atoms with E-state index in [0.29, 0.717) is 12.0 Å². The number of piperidine rings is 1. The van der Waals surface area contributed by atoms with E-state index in [1.54, 1.807) is 13.3 Å². The summed E-state index contributed by atoms with van der Waals surface area (Å²) in [5, 5.41) is 0. The molecule has 0 spiro atoms. The van der Waals surface area contributed by atoms with E-state index >= 15 is 0 Å². The molecule has 0 saturated carbocycles. The summed E-state index contributed by atoms with van der Waals surface area (Å²) in [5.41, 5.74) is 3.50. The lowest BCUT2D eigenvalue weighted by Crippen LogP contribution is -2.35. The van der Waals surface area contributed by atoms with E-state index < -0.39 is 0 Å². The molecular weight excluding hydrogens is 336 g/mol. The third kappa shape index (κ3) is 3.56. The van der Waals surface area contributed by atoms with Gasteiger partial charge in [0.15, 0.2) is 0 Å². The van der Waals surface area contributed by atoms with Gasteiger partial charge in [0.25, 0.3) is 0 Å². The smallest absolute Gasteiger partial charge is 0.217 e. The number of hydrogen-bond acceptors (Lipinski definition) is 4. The van der Waals surface area contributed by atoms with Crippen molar-refractivity contribution in [2.75, 3.05) is 20.2 Å². The Labute approximate surface area is 161 Å². The summed E-state index contributed by atoms with van der Waals surface area (Å²) >= 11 is 0. The number of para-hydroxylation sites is 2. The number of hydrogen-bond donors (Lipinski definition) is 0. The summed E-state index contributed by atoms with van der Waals surface area (Å²) in [5.74, 6) is 2.42. The first-order valence-corrected chi connectivity index (χ1v) is 9.84. The van der Waals surface area contributed by atoms with Gasteiger partial charge in [-0.3, -0.25) is 4.90 Å². The molecule has 3 heterocycles. The van der Waals surface area contributed by atoms with Crippen molar-refractivity contribution < 1.29 is 4.74 Å². The standard InChI is InChI=1S/C22H28N4O/c1-16(2)26-20-11-5-4-10-19(20)24-21(26)17-9-7-13-25(14-17)15-18-8-6-12-23-22(18)27-3/h4-6,8,10-12,16-17H,7,9,13-15H2,1-3H3. The maximum atomic E-state index is 5.43. The molecule has 4 rings (SSSR count). The first-order valence-electron chi connectivity index (χ1n) is 9.84. The van der Waals surface area contributed by atoms with Crippen LogP contribution in [0.1, 0.15) is 50.0 Å². The molecule has 0 amide bonds. The van der Waals surface area contributed by atoms with Crippen LogP contribution in [0.15, 0.2) is 42.6 Å². The van der Waals surface area contributed by atoms with E-state index in [0.717, 1.165) is 36.6 Å². The Balaban J connectivity index is 1.60. The van der Waals surface area contributed by atoms with Crippen LogP contribution in [0.3, 0.4) is 0 Å². The predicted molar refractivity (Wildman–Crippen MR) is 108 cm³/mol. The molecule has 0 aliphatic carbocycles. The van der Waals surface area contributed by atoms with Gasteiger partial charge in [-0.05, 0) is 51.4 Å². The molecule has 142 valence electrons. The lowest BCUT2D eigenvalue weighted by atomic mass is 9.96. The fourth-order valence-corrected chi connectivity index (χ4v) is 4.27. The molecule has 0 N–H and O–H groups in total. The number of methoxy groups -OCH3 is 1. The van der Waals surface area contributed by atoms with Crippen LogP contribution >= 0.6 is 0 Å². The largest absolute Gasteiger partial charge is 0.481 e. The van der Waals surface area contributed by atoms with Gasteiger partial charge in [0.1, 0.15) is 5.82 Å². The van der Waals surface area contributed by atoms with Crippen molar-refractivity contribution in [1.82, 2.24) is 19.4 Å². The molecule has 1 aliphatic heterocycles. The maximum absolute atomic E-state index is 5.43. The Bertz CT molecular complexity index is 918. The fourth-order valence-electron chi connectivity index (χ4n) is 4.27. The molecule has 1 unspecified atom stereocenters. The minimum Gasteiger partial charge on any atom is -0.481 e. The van der Waals surface area contributed by atoms with Crippen LogP contribution in [-0.4, -0.2) is 39.6 Å². The highest BCUT2D eigenvalue weighted by atomic mass is 16.5. The van der Waals surface area contributed by atoms with Crippen molar-refractivity contribution in [3.05, 3.63) is 54.0 Å². The van der Waals surface area contributed by atoms with Gasteiger partial charge in [-0.25, -0.2) is 9.97 Å². The zero-order valence-corrected chi connectivity index (χ0v) is 16.4. The molecule has 0 bridgehead atoms. The SMILES string of the molecule is COc1ncccc1CN1CCCC(c2nc3ccccc3n2C(C)C)C1. The van der Waals surface area contributed by atoms with E-state index in [2.05, 4.69) is 58.6 Å². The van der Waals surface area contributed by atoms with Crippen molar-refractivity contribution in [1.29, 1.82) is 0 Å². The average molecular weight is 364 g/mol. The quantitative estimate of drug-likeness (QED) is 0.673. The molecule has 1 saturated heterocycles. The van der Waals surface area contributed by atoms with Crippen molar-refractivity contribution in [3.63, 3.8) is 0 Å². The number of fused-ring (bicyclic) bond motifs is 1. The van der Waals surface area contributed by atoms with Crippen molar-refractivity contribution in [2.24, 2.45) is 0 Å². The molecule has 3 aromatic rings. The number of benzene rings is 1. The van der Waals surface area contributed by atoms with E-state index in [4.69, 9.17) is 9.72 Å². The summed E-state index contributed by atoms with van der Waals surface area (Å²) in [7, 11) is 1.69. The van der Waals surface area contributed by atoms with Crippen LogP contribution in [0.5, 0.6) is 5.88 Å². The number of aromatic nitrogens is 3. The number of rotatable bonds is 5.